The van der Waals surface area contributed by atoms with Gasteiger partial charge in [0.25, 0.3) is 0 Å². The number of sulfone groups is 1. The smallest absolute Gasteiger partial charge is 0.150 e. The molecule has 1 aliphatic heterocycles. The molecule has 90 valence electrons. The fourth-order valence-corrected chi connectivity index (χ4v) is 4.12. The number of hydrogen-bond acceptors (Lipinski definition) is 4. The summed E-state index contributed by atoms with van der Waals surface area (Å²) < 4.78 is 27.9. The number of hydrogen-bond donors (Lipinski definition) is 1. The summed E-state index contributed by atoms with van der Waals surface area (Å²) in [5.74, 6) is 1.15. The number of nitrogens with two attached hydrogens (primary N) is 1. The molecule has 0 saturated carbocycles. The topological polar surface area (TPSA) is 69.4 Å². The van der Waals surface area contributed by atoms with Gasteiger partial charge in [0.15, 0.2) is 9.84 Å². The lowest BCUT2D eigenvalue weighted by atomic mass is 9.87. The van der Waals surface area contributed by atoms with E-state index in [1.165, 1.54) is 0 Å². The molecule has 0 aromatic heterocycles. The van der Waals surface area contributed by atoms with Crippen molar-refractivity contribution in [3.63, 3.8) is 0 Å². The minimum Gasteiger partial charge on any atom is -0.382 e. The van der Waals surface area contributed by atoms with E-state index in [-0.39, 0.29) is 17.9 Å². The van der Waals surface area contributed by atoms with Crippen LogP contribution in [0.2, 0.25) is 0 Å². The van der Waals surface area contributed by atoms with Gasteiger partial charge < -0.3 is 10.5 Å². The molecule has 1 saturated heterocycles. The Balaban J connectivity index is 2.53. The summed E-state index contributed by atoms with van der Waals surface area (Å²) in [5, 5.41) is 0. The van der Waals surface area contributed by atoms with Crippen LogP contribution >= 0.6 is 0 Å². The van der Waals surface area contributed by atoms with Crippen molar-refractivity contribution in [2.45, 2.75) is 25.9 Å². The highest BCUT2D eigenvalue weighted by molar-refractivity contribution is 7.91. The molecule has 0 bridgehead atoms. The maximum Gasteiger partial charge on any atom is 0.150 e. The van der Waals surface area contributed by atoms with E-state index in [0.717, 1.165) is 12.8 Å². The van der Waals surface area contributed by atoms with Crippen molar-refractivity contribution in [1.82, 2.24) is 0 Å². The van der Waals surface area contributed by atoms with Crippen molar-refractivity contribution in [2.75, 3.05) is 25.2 Å². The van der Waals surface area contributed by atoms with Gasteiger partial charge in [0.1, 0.15) is 0 Å². The first kappa shape index (κ1) is 12.9. The highest BCUT2D eigenvalue weighted by Crippen LogP contribution is 2.28. The van der Waals surface area contributed by atoms with Crippen LogP contribution in [0.3, 0.4) is 0 Å². The first-order chi connectivity index (χ1) is 6.98. The predicted molar refractivity (Wildman–Crippen MR) is 60.4 cm³/mol. The number of rotatable bonds is 5. The third-order valence-corrected chi connectivity index (χ3v) is 5.07. The molecule has 0 aromatic carbocycles. The van der Waals surface area contributed by atoms with Gasteiger partial charge in [-0.25, -0.2) is 8.42 Å². The van der Waals surface area contributed by atoms with E-state index < -0.39 is 9.84 Å². The standard InChI is InChI=1S/C10H21NO3S/c1-8(14-2)5-10(6-11)9-3-4-15(12,13)7-9/h8-10H,3-7,11H2,1-2H3. The monoisotopic (exact) mass is 235 g/mol. The normalized spacial score (nSPS) is 28.9. The second kappa shape index (κ2) is 5.27. The molecule has 1 rings (SSSR count). The molecule has 1 fully saturated rings. The van der Waals surface area contributed by atoms with E-state index in [2.05, 4.69) is 0 Å². The zero-order chi connectivity index (χ0) is 11.5. The van der Waals surface area contributed by atoms with Crippen LogP contribution in [0.4, 0.5) is 0 Å². The van der Waals surface area contributed by atoms with Crippen LogP contribution in [0.25, 0.3) is 0 Å². The lowest BCUT2D eigenvalue weighted by Crippen LogP contribution is -2.28. The highest BCUT2D eigenvalue weighted by atomic mass is 32.2. The fraction of sp³-hybridized carbons (Fsp3) is 1.00. The van der Waals surface area contributed by atoms with Crippen molar-refractivity contribution in [2.24, 2.45) is 17.6 Å². The van der Waals surface area contributed by atoms with Crippen LogP contribution in [0.1, 0.15) is 19.8 Å². The predicted octanol–water partition coefficient (Wildman–Crippen LogP) is 0.421. The maximum atomic E-state index is 11.3. The minimum atomic E-state index is -2.79. The van der Waals surface area contributed by atoms with E-state index in [0.29, 0.717) is 18.1 Å². The van der Waals surface area contributed by atoms with Gasteiger partial charge in [0, 0.05) is 7.11 Å². The second-order valence-corrected chi connectivity index (χ2v) is 6.67. The Bertz CT molecular complexity index is 289. The van der Waals surface area contributed by atoms with Gasteiger partial charge in [-0.05, 0) is 38.1 Å². The van der Waals surface area contributed by atoms with Gasteiger partial charge >= 0.3 is 0 Å². The molecule has 2 N–H and O–H groups in total. The molecule has 0 aromatic rings. The first-order valence-corrected chi connectivity index (χ1v) is 7.24. The van der Waals surface area contributed by atoms with Crippen LogP contribution in [0, 0.1) is 11.8 Å². The zero-order valence-corrected chi connectivity index (χ0v) is 10.3. The molecular weight excluding hydrogens is 214 g/mol. The Morgan fingerprint density at radius 3 is 2.60 bits per heavy atom. The second-order valence-electron chi connectivity index (χ2n) is 4.44. The van der Waals surface area contributed by atoms with Gasteiger partial charge in [-0.15, -0.1) is 0 Å². The van der Waals surface area contributed by atoms with Crippen molar-refractivity contribution in [3.8, 4) is 0 Å². The number of methoxy groups -OCH3 is 1. The molecule has 1 heterocycles. The third-order valence-electron chi connectivity index (χ3n) is 3.27. The molecule has 3 atom stereocenters. The Hall–Kier alpha value is -0.130. The fourth-order valence-electron chi connectivity index (χ4n) is 2.20. The van der Waals surface area contributed by atoms with E-state index in [1.54, 1.807) is 7.11 Å². The third kappa shape index (κ3) is 3.74. The molecule has 0 aliphatic carbocycles. The van der Waals surface area contributed by atoms with Crippen molar-refractivity contribution in [1.29, 1.82) is 0 Å². The lowest BCUT2D eigenvalue weighted by molar-refractivity contribution is 0.0872. The largest absolute Gasteiger partial charge is 0.382 e. The van der Waals surface area contributed by atoms with Crippen LogP contribution in [-0.2, 0) is 14.6 Å². The van der Waals surface area contributed by atoms with Gasteiger partial charge in [-0.1, -0.05) is 0 Å². The van der Waals surface area contributed by atoms with Gasteiger partial charge in [-0.3, -0.25) is 0 Å². The minimum absolute atomic E-state index is 0.154. The summed E-state index contributed by atoms with van der Waals surface area (Å²) in [6.45, 7) is 2.54. The quantitative estimate of drug-likeness (QED) is 0.750. The van der Waals surface area contributed by atoms with Crippen LogP contribution in [0.15, 0.2) is 0 Å². The van der Waals surface area contributed by atoms with E-state index in [1.807, 2.05) is 6.92 Å². The number of ether oxygens (including phenoxy) is 1. The van der Waals surface area contributed by atoms with Gasteiger partial charge in [-0.2, -0.15) is 0 Å². The molecular formula is C10H21NO3S. The van der Waals surface area contributed by atoms with Crippen molar-refractivity contribution >= 4 is 9.84 Å². The van der Waals surface area contributed by atoms with Crippen LogP contribution in [-0.4, -0.2) is 39.7 Å². The summed E-state index contributed by atoms with van der Waals surface area (Å²) in [6.07, 6.45) is 1.77. The summed E-state index contributed by atoms with van der Waals surface area (Å²) in [6, 6.07) is 0. The lowest BCUT2D eigenvalue weighted by Gasteiger charge is -2.23. The maximum absolute atomic E-state index is 11.3. The van der Waals surface area contributed by atoms with E-state index in [4.69, 9.17) is 10.5 Å². The summed E-state index contributed by atoms with van der Waals surface area (Å²) >= 11 is 0. The van der Waals surface area contributed by atoms with Crippen molar-refractivity contribution in [3.05, 3.63) is 0 Å². The van der Waals surface area contributed by atoms with Gasteiger partial charge in [0.2, 0.25) is 0 Å². The summed E-state index contributed by atoms with van der Waals surface area (Å²) in [7, 11) is -1.12. The van der Waals surface area contributed by atoms with E-state index in [9.17, 15) is 8.42 Å². The Morgan fingerprint density at radius 2 is 2.20 bits per heavy atom. The Morgan fingerprint density at radius 1 is 1.53 bits per heavy atom. The Labute approximate surface area is 92.1 Å². The van der Waals surface area contributed by atoms with E-state index >= 15 is 0 Å². The van der Waals surface area contributed by atoms with Gasteiger partial charge in [0.05, 0.1) is 17.6 Å². The van der Waals surface area contributed by atoms with Crippen LogP contribution in [0.5, 0.6) is 0 Å². The molecule has 0 spiro atoms. The molecule has 1 aliphatic rings. The molecule has 0 radical (unpaired) electrons. The summed E-state index contributed by atoms with van der Waals surface area (Å²) in [4.78, 5) is 0. The average Bonchev–Trinajstić information content (AvgIpc) is 2.54. The van der Waals surface area contributed by atoms with Crippen molar-refractivity contribution < 1.29 is 13.2 Å². The molecule has 15 heavy (non-hydrogen) atoms. The molecule has 3 unspecified atom stereocenters. The first-order valence-electron chi connectivity index (χ1n) is 5.41. The molecule has 4 nitrogen and oxygen atoms in total. The highest BCUT2D eigenvalue weighted by Gasteiger charge is 2.33. The molecule has 5 heteroatoms. The zero-order valence-electron chi connectivity index (χ0n) is 9.48. The Kier molecular flexibility index (Phi) is 4.55. The van der Waals surface area contributed by atoms with Crippen LogP contribution < -0.4 is 5.73 Å². The average molecular weight is 235 g/mol. The SMILES string of the molecule is COC(C)CC(CN)C1CCS(=O)(=O)C1. The summed E-state index contributed by atoms with van der Waals surface area (Å²) in [5.41, 5.74) is 5.69. The molecule has 0 amide bonds.